The zero-order valence-electron chi connectivity index (χ0n) is 9.67. The van der Waals surface area contributed by atoms with Crippen molar-refractivity contribution in [3.05, 3.63) is 32.1 Å². The van der Waals surface area contributed by atoms with Gasteiger partial charge in [0.05, 0.1) is 17.1 Å². The topological polar surface area (TPSA) is 73.4 Å². The predicted octanol–water partition coefficient (Wildman–Crippen LogP) is 1.68. The Morgan fingerprint density at radius 1 is 1.56 bits per heavy atom. The van der Waals surface area contributed by atoms with Gasteiger partial charge < -0.3 is 10.1 Å². The molecule has 0 unspecified atom stereocenters. The Balaban J connectivity index is 2.23. The van der Waals surface area contributed by atoms with E-state index in [-0.39, 0.29) is 11.4 Å². The number of thiophene rings is 1. The lowest BCUT2D eigenvalue weighted by molar-refractivity contribution is -0.138. The van der Waals surface area contributed by atoms with E-state index in [1.807, 2.05) is 17.5 Å². The van der Waals surface area contributed by atoms with E-state index in [0.29, 0.717) is 6.54 Å². The largest absolute Gasteiger partial charge is 0.480 e. The van der Waals surface area contributed by atoms with Crippen molar-refractivity contribution in [2.45, 2.75) is 6.54 Å². The molecule has 7 heteroatoms. The lowest BCUT2D eigenvalue weighted by Crippen LogP contribution is -2.24. The predicted molar refractivity (Wildman–Crippen MR) is 72.2 cm³/mol. The standard InChI is InChI=1S/C11H12N2O3S2/c1-13(6-9(14)15)5-8-10(12-11(16)18-8)7-3-2-4-17-7/h2-4H,5-6H2,1H3,(H,12,16)(H,14,15). The summed E-state index contributed by atoms with van der Waals surface area (Å²) >= 11 is 2.68. The van der Waals surface area contributed by atoms with Gasteiger partial charge in [0.2, 0.25) is 0 Å². The van der Waals surface area contributed by atoms with Gasteiger partial charge in [0.1, 0.15) is 0 Å². The van der Waals surface area contributed by atoms with E-state index in [0.717, 1.165) is 26.8 Å². The van der Waals surface area contributed by atoms with Crippen LogP contribution in [0.15, 0.2) is 22.3 Å². The maximum atomic E-state index is 11.4. The highest BCUT2D eigenvalue weighted by Crippen LogP contribution is 2.28. The van der Waals surface area contributed by atoms with Gasteiger partial charge in [0.15, 0.2) is 0 Å². The summed E-state index contributed by atoms with van der Waals surface area (Å²) in [6, 6.07) is 3.85. The molecule has 18 heavy (non-hydrogen) atoms. The summed E-state index contributed by atoms with van der Waals surface area (Å²) < 4.78 is 0. The molecule has 0 saturated carbocycles. The van der Waals surface area contributed by atoms with E-state index in [1.54, 1.807) is 23.3 Å². The number of aromatic nitrogens is 1. The van der Waals surface area contributed by atoms with Crippen LogP contribution in [0.5, 0.6) is 0 Å². The smallest absolute Gasteiger partial charge is 0.317 e. The number of likely N-dealkylation sites (N-methyl/N-ethyl adjacent to an activating group) is 1. The number of carboxylic acid groups (broad SMARTS) is 1. The first-order valence-corrected chi connectivity index (χ1v) is 6.92. The number of H-pyrrole nitrogens is 1. The first-order chi connectivity index (χ1) is 8.56. The van der Waals surface area contributed by atoms with Gasteiger partial charge in [-0.3, -0.25) is 14.5 Å². The molecule has 2 aromatic rings. The highest BCUT2D eigenvalue weighted by atomic mass is 32.1. The van der Waals surface area contributed by atoms with Crippen molar-refractivity contribution in [2.75, 3.05) is 13.6 Å². The van der Waals surface area contributed by atoms with Gasteiger partial charge in [-0.2, -0.15) is 0 Å². The number of aliphatic carboxylic acids is 1. The molecule has 0 aromatic carbocycles. The van der Waals surface area contributed by atoms with Crippen molar-refractivity contribution in [2.24, 2.45) is 0 Å². The minimum atomic E-state index is -0.877. The van der Waals surface area contributed by atoms with Crippen LogP contribution in [-0.4, -0.2) is 34.6 Å². The number of thiazole rings is 1. The van der Waals surface area contributed by atoms with E-state index in [9.17, 15) is 9.59 Å². The Hall–Kier alpha value is -1.44. The molecule has 96 valence electrons. The Morgan fingerprint density at radius 3 is 2.94 bits per heavy atom. The Bertz CT molecular complexity index is 586. The molecule has 0 fully saturated rings. The SMILES string of the molecule is CN(CC(=O)O)Cc1sc(=O)[nH]c1-c1cccs1. The maximum Gasteiger partial charge on any atom is 0.317 e. The number of nitrogens with zero attached hydrogens (tertiary/aromatic N) is 1. The monoisotopic (exact) mass is 284 g/mol. The van der Waals surface area contributed by atoms with Crippen molar-refractivity contribution < 1.29 is 9.90 Å². The number of rotatable bonds is 5. The number of aromatic amines is 1. The second-order valence-corrected chi connectivity index (χ2v) is 5.87. The van der Waals surface area contributed by atoms with Crippen LogP contribution in [-0.2, 0) is 11.3 Å². The summed E-state index contributed by atoms with van der Waals surface area (Å²) in [6.45, 7) is 0.402. The molecule has 0 aliphatic rings. The number of hydrogen-bond acceptors (Lipinski definition) is 5. The Kier molecular flexibility index (Phi) is 3.95. The molecule has 0 spiro atoms. The first kappa shape index (κ1) is 13.0. The van der Waals surface area contributed by atoms with E-state index < -0.39 is 5.97 Å². The fourth-order valence-electron chi connectivity index (χ4n) is 1.62. The van der Waals surface area contributed by atoms with Crippen molar-refractivity contribution in [3.8, 4) is 10.6 Å². The van der Waals surface area contributed by atoms with Crippen LogP contribution in [0.3, 0.4) is 0 Å². The van der Waals surface area contributed by atoms with Crippen LogP contribution in [0.2, 0.25) is 0 Å². The Morgan fingerprint density at radius 2 is 2.33 bits per heavy atom. The molecule has 0 saturated heterocycles. The molecule has 2 N–H and O–H groups in total. The number of carbonyl (C=O) groups is 1. The van der Waals surface area contributed by atoms with Crippen molar-refractivity contribution in [3.63, 3.8) is 0 Å². The lowest BCUT2D eigenvalue weighted by atomic mass is 10.3. The first-order valence-electron chi connectivity index (χ1n) is 5.22. The van der Waals surface area contributed by atoms with Gasteiger partial charge in [-0.15, -0.1) is 11.3 Å². The van der Waals surface area contributed by atoms with Crippen molar-refractivity contribution >= 4 is 28.6 Å². The molecule has 0 bridgehead atoms. The minimum absolute atomic E-state index is 0.0457. The van der Waals surface area contributed by atoms with Crippen molar-refractivity contribution in [1.82, 2.24) is 9.88 Å². The van der Waals surface area contributed by atoms with Crippen LogP contribution in [0.1, 0.15) is 4.88 Å². The van der Waals surface area contributed by atoms with Gasteiger partial charge >= 0.3 is 10.8 Å². The van der Waals surface area contributed by atoms with Crippen LogP contribution in [0.4, 0.5) is 0 Å². The molecule has 0 atom stereocenters. The number of hydrogen-bond donors (Lipinski definition) is 2. The molecule has 0 amide bonds. The average molecular weight is 284 g/mol. The highest BCUT2D eigenvalue weighted by Gasteiger charge is 2.14. The molecular formula is C11H12N2O3S2. The lowest BCUT2D eigenvalue weighted by Gasteiger charge is -2.12. The molecule has 5 nitrogen and oxygen atoms in total. The van der Waals surface area contributed by atoms with Crippen LogP contribution in [0.25, 0.3) is 10.6 Å². The second kappa shape index (κ2) is 5.47. The summed E-state index contributed by atoms with van der Waals surface area (Å²) in [4.78, 5) is 28.3. The third kappa shape index (κ3) is 3.06. The fourth-order valence-corrected chi connectivity index (χ4v) is 3.37. The van der Waals surface area contributed by atoms with E-state index in [1.165, 1.54) is 0 Å². The average Bonchev–Trinajstić information content (AvgIpc) is 2.85. The van der Waals surface area contributed by atoms with Gasteiger partial charge in [0, 0.05) is 11.4 Å². The third-order valence-electron chi connectivity index (χ3n) is 2.31. The third-order valence-corrected chi connectivity index (χ3v) is 4.06. The molecule has 0 radical (unpaired) electrons. The van der Waals surface area contributed by atoms with Crippen LogP contribution in [0, 0.1) is 0 Å². The molecule has 2 heterocycles. The second-order valence-electron chi connectivity index (χ2n) is 3.86. The molecule has 2 rings (SSSR count). The summed E-state index contributed by atoms with van der Waals surface area (Å²) in [5, 5.41) is 10.7. The summed E-state index contributed by atoms with van der Waals surface area (Å²) in [6.07, 6.45) is 0. The normalized spacial score (nSPS) is 11.0. The number of nitrogens with one attached hydrogen (secondary N) is 1. The van der Waals surface area contributed by atoms with Crippen LogP contribution < -0.4 is 4.87 Å². The summed E-state index contributed by atoms with van der Waals surface area (Å²) in [5.74, 6) is -0.877. The molecule has 0 aliphatic heterocycles. The summed E-state index contributed by atoms with van der Waals surface area (Å²) in [5.41, 5.74) is 0.803. The quantitative estimate of drug-likeness (QED) is 0.876. The van der Waals surface area contributed by atoms with Crippen LogP contribution >= 0.6 is 22.7 Å². The molecule has 0 aliphatic carbocycles. The Labute approximate surface area is 111 Å². The molecule has 2 aromatic heterocycles. The zero-order chi connectivity index (χ0) is 13.1. The zero-order valence-corrected chi connectivity index (χ0v) is 11.3. The van der Waals surface area contributed by atoms with E-state index in [4.69, 9.17) is 5.11 Å². The van der Waals surface area contributed by atoms with Crippen molar-refractivity contribution in [1.29, 1.82) is 0 Å². The molecular weight excluding hydrogens is 272 g/mol. The summed E-state index contributed by atoms with van der Waals surface area (Å²) in [7, 11) is 1.72. The van der Waals surface area contributed by atoms with Gasteiger partial charge in [0.25, 0.3) is 0 Å². The highest BCUT2D eigenvalue weighted by molar-refractivity contribution is 7.14. The maximum absolute atomic E-state index is 11.4. The van der Waals surface area contributed by atoms with Gasteiger partial charge in [-0.05, 0) is 18.5 Å². The van der Waals surface area contributed by atoms with E-state index >= 15 is 0 Å². The van der Waals surface area contributed by atoms with E-state index in [2.05, 4.69) is 4.98 Å². The fraction of sp³-hybridized carbons (Fsp3) is 0.273. The van der Waals surface area contributed by atoms with Gasteiger partial charge in [-0.25, -0.2) is 0 Å². The minimum Gasteiger partial charge on any atom is -0.480 e. The number of carboxylic acids is 1. The van der Waals surface area contributed by atoms with Gasteiger partial charge in [-0.1, -0.05) is 17.4 Å².